The molecule has 9 heteroatoms. The predicted octanol–water partition coefficient (Wildman–Crippen LogP) is 5.09. The molecule has 0 radical (unpaired) electrons. The topological polar surface area (TPSA) is 96.0 Å². The van der Waals surface area contributed by atoms with E-state index in [0.717, 1.165) is 21.0 Å². The van der Waals surface area contributed by atoms with E-state index in [2.05, 4.69) is 5.32 Å². The lowest BCUT2D eigenvalue weighted by molar-refractivity contribution is -0.139. The van der Waals surface area contributed by atoms with Crippen LogP contribution in [0, 0.1) is 19.8 Å². The van der Waals surface area contributed by atoms with Crippen LogP contribution < -0.4 is 14.4 Å². The summed E-state index contributed by atoms with van der Waals surface area (Å²) < 4.78 is 35.0. The molecule has 0 aliphatic rings. The van der Waals surface area contributed by atoms with Crippen LogP contribution in [0.3, 0.4) is 0 Å². The minimum absolute atomic E-state index is 0.0511. The molecule has 0 aliphatic carbocycles. The van der Waals surface area contributed by atoms with Crippen molar-refractivity contribution in [1.82, 2.24) is 10.2 Å². The zero-order chi connectivity index (χ0) is 30.2. The number of carbonyl (C=O) groups excluding carboxylic acids is 2. The fourth-order valence-electron chi connectivity index (χ4n) is 4.33. The third-order valence-electron chi connectivity index (χ3n) is 6.61. The zero-order valence-electron chi connectivity index (χ0n) is 24.8. The van der Waals surface area contributed by atoms with E-state index < -0.39 is 28.5 Å². The zero-order valence-corrected chi connectivity index (χ0v) is 25.6. The maximum atomic E-state index is 14.1. The van der Waals surface area contributed by atoms with Gasteiger partial charge in [0, 0.05) is 13.1 Å². The van der Waals surface area contributed by atoms with Crippen LogP contribution in [0.25, 0.3) is 0 Å². The van der Waals surface area contributed by atoms with Gasteiger partial charge in [-0.3, -0.25) is 13.9 Å². The first kappa shape index (κ1) is 31.7. The molecule has 3 rings (SSSR count). The molecular weight excluding hydrogens is 538 g/mol. The molecule has 1 N–H and O–H groups in total. The monoisotopic (exact) mass is 579 g/mol. The van der Waals surface area contributed by atoms with E-state index in [1.165, 1.54) is 17.0 Å². The molecule has 0 unspecified atom stereocenters. The van der Waals surface area contributed by atoms with Crippen LogP contribution in [0.4, 0.5) is 5.69 Å². The number of carbonyl (C=O) groups is 2. The average Bonchev–Trinajstić information content (AvgIpc) is 2.93. The van der Waals surface area contributed by atoms with E-state index in [4.69, 9.17) is 4.74 Å². The molecule has 0 bridgehead atoms. The van der Waals surface area contributed by atoms with E-state index >= 15 is 0 Å². The Morgan fingerprint density at radius 1 is 0.902 bits per heavy atom. The summed E-state index contributed by atoms with van der Waals surface area (Å²) in [6.45, 7) is 11.7. The van der Waals surface area contributed by atoms with Crippen LogP contribution in [-0.4, -0.2) is 50.9 Å². The minimum atomic E-state index is -4.18. The Morgan fingerprint density at radius 2 is 1.59 bits per heavy atom. The number of sulfonamides is 1. The Morgan fingerprint density at radius 3 is 2.22 bits per heavy atom. The van der Waals surface area contributed by atoms with Crippen molar-refractivity contribution in [2.75, 3.05) is 24.0 Å². The first-order chi connectivity index (χ1) is 19.4. The number of amides is 2. The van der Waals surface area contributed by atoms with E-state index in [-0.39, 0.29) is 29.0 Å². The molecule has 0 saturated carbocycles. The highest BCUT2D eigenvalue weighted by Crippen LogP contribution is 2.33. The second-order valence-corrected chi connectivity index (χ2v) is 12.4. The summed E-state index contributed by atoms with van der Waals surface area (Å²) in [5.41, 5.74) is 3.01. The highest BCUT2D eigenvalue weighted by atomic mass is 32.2. The van der Waals surface area contributed by atoms with Crippen LogP contribution in [-0.2, 0) is 26.2 Å². The number of benzene rings is 3. The fraction of sp³-hybridized carbons (Fsp3) is 0.375. The first-order valence-corrected chi connectivity index (χ1v) is 15.3. The first-order valence-electron chi connectivity index (χ1n) is 13.9. The van der Waals surface area contributed by atoms with Gasteiger partial charge in [0.15, 0.2) is 0 Å². The molecule has 3 aromatic rings. The number of nitrogens with one attached hydrogen (secondary N) is 1. The van der Waals surface area contributed by atoms with Gasteiger partial charge in [-0.2, -0.15) is 0 Å². The summed E-state index contributed by atoms with van der Waals surface area (Å²) in [5, 5.41) is 2.90. The molecule has 220 valence electrons. The van der Waals surface area contributed by atoms with E-state index in [1.54, 1.807) is 43.3 Å². The molecule has 0 aromatic heterocycles. The lowest BCUT2D eigenvalue weighted by Crippen LogP contribution is -2.51. The van der Waals surface area contributed by atoms with E-state index in [9.17, 15) is 18.0 Å². The maximum absolute atomic E-state index is 14.1. The van der Waals surface area contributed by atoms with Crippen molar-refractivity contribution in [1.29, 1.82) is 0 Å². The summed E-state index contributed by atoms with van der Waals surface area (Å²) in [6.07, 6.45) is 0. The van der Waals surface area contributed by atoms with Crippen molar-refractivity contribution >= 4 is 27.5 Å². The molecule has 0 heterocycles. The average molecular weight is 580 g/mol. The molecular formula is C32H41N3O5S. The number of nitrogens with zero attached hydrogens (tertiary/aromatic N) is 2. The summed E-state index contributed by atoms with van der Waals surface area (Å²) in [4.78, 5) is 28.7. The van der Waals surface area contributed by atoms with Crippen LogP contribution in [0.5, 0.6) is 5.75 Å². The van der Waals surface area contributed by atoms with Gasteiger partial charge >= 0.3 is 0 Å². The minimum Gasteiger partial charge on any atom is -0.492 e. The molecule has 0 fully saturated rings. The van der Waals surface area contributed by atoms with Crippen molar-refractivity contribution < 1.29 is 22.7 Å². The predicted molar refractivity (Wildman–Crippen MR) is 162 cm³/mol. The maximum Gasteiger partial charge on any atom is 0.264 e. The van der Waals surface area contributed by atoms with Crippen molar-refractivity contribution in [3.63, 3.8) is 0 Å². The number of rotatable bonds is 13. The van der Waals surface area contributed by atoms with E-state index in [1.807, 2.05) is 58.9 Å². The number of aryl methyl sites for hydroxylation is 2. The van der Waals surface area contributed by atoms with Gasteiger partial charge < -0.3 is 15.0 Å². The van der Waals surface area contributed by atoms with Gasteiger partial charge in [-0.15, -0.1) is 0 Å². The van der Waals surface area contributed by atoms with Crippen molar-refractivity contribution in [3.05, 3.63) is 89.5 Å². The van der Waals surface area contributed by atoms with Gasteiger partial charge in [-0.25, -0.2) is 8.42 Å². The molecule has 0 spiro atoms. The molecule has 0 aliphatic heterocycles. The Bertz CT molecular complexity index is 1440. The van der Waals surface area contributed by atoms with Gasteiger partial charge in [0.25, 0.3) is 10.0 Å². The van der Waals surface area contributed by atoms with Crippen LogP contribution in [0.1, 0.15) is 44.4 Å². The second kappa shape index (κ2) is 14.2. The Labute approximate surface area is 244 Å². The summed E-state index contributed by atoms with van der Waals surface area (Å²) >= 11 is 0. The van der Waals surface area contributed by atoms with Crippen LogP contribution in [0.15, 0.2) is 77.7 Å². The van der Waals surface area contributed by atoms with Gasteiger partial charge in [0.2, 0.25) is 11.8 Å². The van der Waals surface area contributed by atoms with Gasteiger partial charge in [0.05, 0.1) is 17.2 Å². The standard InChI is InChI=1S/C32H41N3O5S/c1-7-40-30-14-9-8-13-29(30)35(41(38,39)28-17-15-24(4)16-18-28)22-31(36)34(21-27-12-10-11-25(5)19-27)26(6)32(37)33-20-23(2)3/h8-19,23,26H,7,20-22H2,1-6H3,(H,33,37)/t26-/m0/s1. The SMILES string of the molecule is CCOc1ccccc1N(CC(=O)N(Cc1cccc(C)c1)[C@@H](C)C(=O)NCC(C)C)S(=O)(=O)c1ccc(C)cc1. The molecule has 2 amide bonds. The molecule has 0 saturated heterocycles. The normalized spacial score (nSPS) is 12.1. The smallest absolute Gasteiger partial charge is 0.264 e. The van der Waals surface area contributed by atoms with Crippen molar-refractivity contribution in [2.24, 2.45) is 5.92 Å². The number of hydrogen-bond acceptors (Lipinski definition) is 5. The number of para-hydroxylation sites is 2. The quantitative estimate of drug-likeness (QED) is 0.305. The molecule has 3 aromatic carbocycles. The van der Waals surface area contributed by atoms with Gasteiger partial charge in [0.1, 0.15) is 18.3 Å². The van der Waals surface area contributed by atoms with Crippen LogP contribution in [0.2, 0.25) is 0 Å². The number of hydrogen-bond donors (Lipinski definition) is 1. The Hall–Kier alpha value is -3.85. The third-order valence-corrected chi connectivity index (χ3v) is 8.38. The molecule has 8 nitrogen and oxygen atoms in total. The molecule has 1 atom stereocenters. The number of anilines is 1. The highest BCUT2D eigenvalue weighted by Gasteiger charge is 2.33. The van der Waals surface area contributed by atoms with Gasteiger partial charge in [-0.1, -0.05) is 73.5 Å². The van der Waals surface area contributed by atoms with Crippen molar-refractivity contribution in [3.8, 4) is 5.75 Å². The lowest BCUT2D eigenvalue weighted by Gasteiger charge is -2.32. The van der Waals surface area contributed by atoms with Crippen LogP contribution >= 0.6 is 0 Å². The summed E-state index contributed by atoms with van der Waals surface area (Å²) in [5.74, 6) is -0.244. The summed E-state index contributed by atoms with van der Waals surface area (Å²) in [7, 11) is -4.18. The summed E-state index contributed by atoms with van der Waals surface area (Å²) in [6, 6.07) is 20.1. The largest absolute Gasteiger partial charge is 0.492 e. The third kappa shape index (κ3) is 8.33. The second-order valence-electron chi connectivity index (χ2n) is 10.6. The highest BCUT2D eigenvalue weighted by molar-refractivity contribution is 7.92. The number of ether oxygens (including phenoxy) is 1. The van der Waals surface area contributed by atoms with E-state index in [0.29, 0.717) is 18.9 Å². The van der Waals surface area contributed by atoms with Gasteiger partial charge in [-0.05, 0) is 63.4 Å². The van der Waals surface area contributed by atoms with Crippen molar-refractivity contribution in [2.45, 2.75) is 59.0 Å². The Balaban J connectivity index is 2.07. The fourth-order valence-corrected chi connectivity index (χ4v) is 5.76. The Kier molecular flexibility index (Phi) is 10.9. The molecule has 41 heavy (non-hydrogen) atoms. The lowest BCUT2D eigenvalue weighted by atomic mass is 10.1.